The molecular formula is C27H41NO7. The first-order chi connectivity index (χ1) is 16.6. The van der Waals surface area contributed by atoms with Gasteiger partial charge in [-0.3, -0.25) is 4.99 Å². The fourth-order valence-corrected chi connectivity index (χ4v) is 8.91. The van der Waals surface area contributed by atoms with Gasteiger partial charge in [-0.25, -0.2) is 4.79 Å². The van der Waals surface area contributed by atoms with Gasteiger partial charge in [-0.1, -0.05) is 6.92 Å². The van der Waals surface area contributed by atoms with Gasteiger partial charge in [0.05, 0.1) is 23.9 Å². The minimum absolute atomic E-state index is 0.0208. The number of nitrogens with zero attached hydrogens (tertiary/aromatic N) is 1. The van der Waals surface area contributed by atoms with Crippen molar-refractivity contribution in [1.29, 1.82) is 0 Å². The molecule has 8 atom stereocenters. The van der Waals surface area contributed by atoms with Gasteiger partial charge in [-0.15, -0.1) is 0 Å². The second-order valence-electron chi connectivity index (χ2n) is 11.9. The van der Waals surface area contributed by atoms with Crippen molar-refractivity contribution in [3.63, 3.8) is 0 Å². The Bertz CT molecular complexity index is 902. The molecule has 196 valence electrons. The summed E-state index contributed by atoms with van der Waals surface area (Å²) in [6.07, 6.45) is 8.63. The number of ether oxygens (including phenoxy) is 3. The van der Waals surface area contributed by atoms with Crippen LogP contribution in [0, 0.1) is 28.6 Å². The highest BCUT2D eigenvalue weighted by molar-refractivity contribution is 5.85. The van der Waals surface area contributed by atoms with Gasteiger partial charge in [0, 0.05) is 43.8 Å². The summed E-state index contributed by atoms with van der Waals surface area (Å²) >= 11 is 0. The lowest BCUT2D eigenvalue weighted by Gasteiger charge is -2.65. The molecule has 0 bridgehead atoms. The number of aliphatic hydroxyl groups is 3. The van der Waals surface area contributed by atoms with Crippen molar-refractivity contribution in [3.05, 3.63) is 11.6 Å². The summed E-state index contributed by atoms with van der Waals surface area (Å²) in [6.45, 7) is 2.85. The number of hydrogen-bond donors (Lipinski definition) is 3. The van der Waals surface area contributed by atoms with E-state index >= 15 is 0 Å². The Morgan fingerprint density at radius 3 is 2.54 bits per heavy atom. The Hall–Kier alpha value is -1.32. The fourth-order valence-electron chi connectivity index (χ4n) is 8.91. The zero-order valence-electron chi connectivity index (χ0n) is 21.2. The molecule has 0 spiro atoms. The van der Waals surface area contributed by atoms with Crippen LogP contribution in [0.25, 0.3) is 0 Å². The van der Waals surface area contributed by atoms with E-state index in [1.54, 1.807) is 20.3 Å². The Balaban J connectivity index is 1.49. The average Bonchev–Trinajstić information content (AvgIpc) is 3.36. The number of carbonyl (C=O) groups is 1. The normalized spacial score (nSPS) is 47.4. The fraction of sp³-hybridized carbons (Fsp3) is 0.852. The molecule has 0 saturated heterocycles. The Morgan fingerprint density at radius 1 is 1.11 bits per heavy atom. The molecule has 0 aromatic heterocycles. The second kappa shape index (κ2) is 8.91. The van der Waals surface area contributed by atoms with E-state index in [1.807, 2.05) is 6.21 Å². The van der Waals surface area contributed by atoms with Gasteiger partial charge in [0.1, 0.15) is 6.61 Å². The summed E-state index contributed by atoms with van der Waals surface area (Å²) in [5.74, 6) is -0.0692. The molecule has 5 rings (SSSR count). The molecule has 0 aromatic rings. The third-order valence-electron chi connectivity index (χ3n) is 10.7. The first-order valence-electron chi connectivity index (χ1n) is 13.2. The molecule has 8 heteroatoms. The van der Waals surface area contributed by atoms with Crippen LogP contribution < -0.4 is 0 Å². The number of aliphatic imine (C=N–C) groups is 1. The van der Waals surface area contributed by atoms with Gasteiger partial charge in [-0.05, 0) is 74.7 Å². The molecule has 1 heterocycles. The van der Waals surface area contributed by atoms with Crippen molar-refractivity contribution in [2.24, 2.45) is 33.6 Å². The Labute approximate surface area is 207 Å². The molecule has 4 saturated carbocycles. The van der Waals surface area contributed by atoms with Crippen molar-refractivity contribution in [1.82, 2.24) is 0 Å². The molecule has 3 N–H and O–H groups in total. The van der Waals surface area contributed by atoms with E-state index < -0.39 is 29.0 Å². The van der Waals surface area contributed by atoms with E-state index in [4.69, 9.17) is 19.2 Å². The summed E-state index contributed by atoms with van der Waals surface area (Å²) in [7, 11) is 3.16. The molecule has 0 radical (unpaired) electrons. The first kappa shape index (κ1) is 25.3. The molecule has 0 amide bonds. The van der Waals surface area contributed by atoms with E-state index in [1.165, 1.54) is 0 Å². The predicted molar refractivity (Wildman–Crippen MR) is 129 cm³/mol. The zero-order valence-corrected chi connectivity index (χ0v) is 21.2. The van der Waals surface area contributed by atoms with E-state index in [9.17, 15) is 20.1 Å². The SMILES string of the molecule is COC(CN=C[C@]12CC[C@H](O)C[C@]1(O)CC[C@@H]1[C@@H]2CC[C@]2(C)[C@H](C3=CC(=O)OC3)CC[C@]12O)OC. The maximum atomic E-state index is 12.4. The van der Waals surface area contributed by atoms with E-state index in [2.05, 4.69) is 6.92 Å². The Kier molecular flexibility index (Phi) is 6.45. The number of esters is 1. The lowest BCUT2D eigenvalue weighted by atomic mass is 9.41. The third kappa shape index (κ3) is 3.66. The summed E-state index contributed by atoms with van der Waals surface area (Å²) in [5.41, 5.74) is -1.87. The molecule has 35 heavy (non-hydrogen) atoms. The molecule has 4 aliphatic carbocycles. The highest BCUT2D eigenvalue weighted by Crippen LogP contribution is 2.70. The van der Waals surface area contributed by atoms with Gasteiger partial charge in [-0.2, -0.15) is 0 Å². The maximum Gasteiger partial charge on any atom is 0.331 e. The highest BCUT2D eigenvalue weighted by atomic mass is 16.7. The largest absolute Gasteiger partial charge is 0.458 e. The number of hydrogen-bond acceptors (Lipinski definition) is 8. The van der Waals surface area contributed by atoms with E-state index in [0.29, 0.717) is 45.3 Å². The van der Waals surface area contributed by atoms with Crippen LogP contribution >= 0.6 is 0 Å². The quantitative estimate of drug-likeness (QED) is 0.297. The zero-order chi connectivity index (χ0) is 25.1. The van der Waals surface area contributed by atoms with Crippen LogP contribution in [-0.2, 0) is 19.0 Å². The molecule has 0 aromatic carbocycles. The summed E-state index contributed by atoms with van der Waals surface area (Å²) in [6, 6.07) is 0. The van der Waals surface area contributed by atoms with Crippen LogP contribution in [0.15, 0.2) is 16.6 Å². The smallest absolute Gasteiger partial charge is 0.331 e. The number of rotatable bonds is 6. The minimum atomic E-state index is -1.05. The topological polar surface area (TPSA) is 118 Å². The number of fused-ring (bicyclic) bond motifs is 5. The van der Waals surface area contributed by atoms with Crippen LogP contribution in [0.2, 0.25) is 0 Å². The first-order valence-corrected chi connectivity index (χ1v) is 13.2. The second-order valence-corrected chi connectivity index (χ2v) is 11.9. The van der Waals surface area contributed by atoms with Gasteiger partial charge in [0.25, 0.3) is 0 Å². The van der Waals surface area contributed by atoms with Crippen molar-refractivity contribution < 1.29 is 34.3 Å². The predicted octanol–water partition coefficient (Wildman–Crippen LogP) is 2.39. The van der Waals surface area contributed by atoms with Gasteiger partial charge in [0.2, 0.25) is 0 Å². The van der Waals surface area contributed by atoms with Crippen LogP contribution in [0.5, 0.6) is 0 Å². The summed E-state index contributed by atoms with van der Waals surface area (Å²) in [5, 5.41) is 34.9. The van der Waals surface area contributed by atoms with Crippen molar-refractivity contribution in [2.75, 3.05) is 27.4 Å². The summed E-state index contributed by atoms with van der Waals surface area (Å²) in [4.78, 5) is 16.5. The average molecular weight is 492 g/mol. The van der Waals surface area contributed by atoms with Gasteiger partial charge < -0.3 is 29.5 Å². The standard InChI is InChI=1S/C27H41NO7/c1-24-8-5-20-21(27(24,32)11-7-19(24)17-12-22(30)35-15-17)6-10-26(31)13-18(29)4-9-25(20,26)16-28-14-23(33-2)34-3/h12,16,18-21,23,29,31-32H,4-11,13-15H2,1-3H3/t18-,19-,20-,21+,24+,25-,26+,27-/m0/s1. The maximum absolute atomic E-state index is 12.4. The van der Waals surface area contributed by atoms with Crippen LogP contribution in [0.1, 0.15) is 64.7 Å². The van der Waals surface area contributed by atoms with Crippen molar-refractivity contribution in [3.8, 4) is 0 Å². The van der Waals surface area contributed by atoms with Gasteiger partial charge in [0.15, 0.2) is 6.29 Å². The van der Waals surface area contributed by atoms with Crippen molar-refractivity contribution in [2.45, 2.75) is 88.3 Å². The Morgan fingerprint density at radius 2 is 1.86 bits per heavy atom. The monoisotopic (exact) mass is 491 g/mol. The van der Waals surface area contributed by atoms with Crippen LogP contribution in [0.3, 0.4) is 0 Å². The summed E-state index contributed by atoms with van der Waals surface area (Å²) < 4.78 is 15.8. The molecule has 8 nitrogen and oxygen atoms in total. The molecule has 4 fully saturated rings. The molecule has 5 aliphatic rings. The van der Waals surface area contributed by atoms with E-state index in [0.717, 1.165) is 31.3 Å². The lowest BCUT2D eigenvalue weighted by molar-refractivity contribution is -0.237. The molecule has 0 unspecified atom stereocenters. The molecular weight excluding hydrogens is 450 g/mol. The lowest BCUT2D eigenvalue weighted by Crippen LogP contribution is -2.68. The molecule has 1 aliphatic heterocycles. The minimum Gasteiger partial charge on any atom is -0.458 e. The third-order valence-corrected chi connectivity index (χ3v) is 10.7. The number of methoxy groups -OCH3 is 2. The number of cyclic esters (lactones) is 1. The number of carbonyl (C=O) groups excluding carboxylic acids is 1. The highest BCUT2D eigenvalue weighted by Gasteiger charge is 2.71. The number of aliphatic hydroxyl groups excluding tert-OH is 1. The van der Waals surface area contributed by atoms with Crippen LogP contribution in [-0.4, -0.2) is 78.5 Å². The van der Waals surface area contributed by atoms with Crippen molar-refractivity contribution >= 4 is 12.2 Å². The van der Waals surface area contributed by atoms with Crippen LogP contribution in [0.4, 0.5) is 0 Å². The van der Waals surface area contributed by atoms with E-state index in [-0.39, 0.29) is 29.1 Å². The van der Waals surface area contributed by atoms with Gasteiger partial charge >= 0.3 is 5.97 Å².